The summed E-state index contributed by atoms with van der Waals surface area (Å²) in [6.45, 7) is 4.60. The van der Waals surface area contributed by atoms with Crippen LogP contribution in [-0.2, 0) is 16.1 Å². The highest BCUT2D eigenvalue weighted by molar-refractivity contribution is 6.06. The largest absolute Gasteiger partial charge is 0.330 e. The Kier molecular flexibility index (Phi) is 4.76. The summed E-state index contributed by atoms with van der Waals surface area (Å²) in [6.07, 6.45) is 1.16. The summed E-state index contributed by atoms with van der Waals surface area (Å²) in [5, 5.41) is 5.58. The quantitative estimate of drug-likeness (QED) is 0.538. The lowest BCUT2D eigenvalue weighted by Gasteiger charge is -2.56. The van der Waals surface area contributed by atoms with Gasteiger partial charge < -0.3 is 10.2 Å². The van der Waals surface area contributed by atoms with Crippen LogP contribution in [0.3, 0.4) is 0 Å². The molecule has 3 fully saturated rings. The van der Waals surface area contributed by atoms with Crippen molar-refractivity contribution in [1.82, 2.24) is 20.4 Å². The van der Waals surface area contributed by atoms with E-state index in [9.17, 15) is 19.2 Å². The number of nitrogens with one attached hydrogen (secondary N) is 2. The van der Waals surface area contributed by atoms with Crippen molar-refractivity contribution < 1.29 is 19.2 Å². The van der Waals surface area contributed by atoms with E-state index in [-0.39, 0.29) is 24.7 Å². The zero-order valence-corrected chi connectivity index (χ0v) is 15.9. The number of nitrogens with zero attached hydrogens (tertiary/aromatic N) is 2. The van der Waals surface area contributed by atoms with E-state index in [1.165, 1.54) is 4.90 Å². The maximum atomic E-state index is 13.2. The molecule has 3 aliphatic rings. The van der Waals surface area contributed by atoms with E-state index in [0.29, 0.717) is 29.4 Å². The van der Waals surface area contributed by atoms with Crippen molar-refractivity contribution in [3.05, 3.63) is 34.9 Å². The zero-order valence-electron chi connectivity index (χ0n) is 15.9. The molecule has 3 aliphatic heterocycles. The van der Waals surface area contributed by atoms with Gasteiger partial charge in [-0.1, -0.05) is 18.2 Å². The van der Waals surface area contributed by atoms with E-state index >= 15 is 0 Å². The minimum Gasteiger partial charge on any atom is -0.330 e. The molecule has 3 saturated heterocycles. The molecule has 3 amide bonds. The van der Waals surface area contributed by atoms with Gasteiger partial charge in [-0.15, -0.1) is 0 Å². The number of piperidine rings is 1. The van der Waals surface area contributed by atoms with E-state index in [4.69, 9.17) is 0 Å². The predicted molar refractivity (Wildman–Crippen MR) is 101 cm³/mol. The van der Waals surface area contributed by atoms with E-state index in [1.54, 1.807) is 19.2 Å². The first kappa shape index (κ1) is 18.8. The first-order valence-corrected chi connectivity index (χ1v) is 9.53. The Morgan fingerprint density at radius 2 is 2.07 bits per heavy atom. The number of benzene rings is 1. The van der Waals surface area contributed by atoms with Gasteiger partial charge in [0.15, 0.2) is 6.29 Å². The number of carbonyl (C=O) groups is 4. The van der Waals surface area contributed by atoms with Gasteiger partial charge in [-0.2, -0.15) is 0 Å². The van der Waals surface area contributed by atoms with Crippen LogP contribution in [0, 0.1) is 5.41 Å². The molecule has 1 spiro atoms. The normalized spacial score (nSPS) is 23.5. The fourth-order valence-corrected chi connectivity index (χ4v) is 4.44. The van der Waals surface area contributed by atoms with Gasteiger partial charge in [0.25, 0.3) is 5.91 Å². The summed E-state index contributed by atoms with van der Waals surface area (Å²) < 4.78 is 0. The number of imide groups is 1. The molecule has 0 saturated carbocycles. The molecule has 1 aromatic rings. The predicted octanol–water partition coefficient (Wildman–Crippen LogP) is -0.218. The van der Waals surface area contributed by atoms with Gasteiger partial charge >= 0.3 is 0 Å². The summed E-state index contributed by atoms with van der Waals surface area (Å²) in [6, 6.07) is 4.55. The summed E-state index contributed by atoms with van der Waals surface area (Å²) in [5.41, 5.74) is 1.83. The highest BCUT2D eigenvalue weighted by atomic mass is 16.2. The number of carbonyl (C=O) groups excluding carboxylic acids is 4. The van der Waals surface area contributed by atoms with Crippen molar-refractivity contribution in [3.63, 3.8) is 0 Å². The SMILES string of the molecule is CN(C(=O)c1c(C=O)cccc1CN1CC2(CNC2)C1)C1CCC(=O)NC1=O. The van der Waals surface area contributed by atoms with Crippen LogP contribution < -0.4 is 10.6 Å². The Hall–Kier alpha value is -2.58. The molecule has 8 nitrogen and oxygen atoms in total. The second-order valence-electron chi connectivity index (χ2n) is 8.13. The lowest BCUT2D eigenvalue weighted by atomic mass is 9.74. The number of likely N-dealkylation sites (N-methyl/N-ethyl adjacent to an activating group) is 1. The average molecular weight is 384 g/mol. The lowest BCUT2D eigenvalue weighted by Crippen LogP contribution is -2.70. The molecule has 3 heterocycles. The van der Waals surface area contributed by atoms with E-state index in [1.807, 2.05) is 6.07 Å². The van der Waals surface area contributed by atoms with Crippen LogP contribution in [0.25, 0.3) is 0 Å². The van der Waals surface area contributed by atoms with Crippen LogP contribution in [0.5, 0.6) is 0 Å². The van der Waals surface area contributed by atoms with Crippen molar-refractivity contribution in [2.24, 2.45) is 5.41 Å². The van der Waals surface area contributed by atoms with Crippen LogP contribution in [0.15, 0.2) is 18.2 Å². The number of hydrogen-bond donors (Lipinski definition) is 2. The lowest BCUT2D eigenvalue weighted by molar-refractivity contribution is -0.136. The Balaban J connectivity index is 1.55. The molecule has 2 N–H and O–H groups in total. The highest BCUT2D eigenvalue weighted by Gasteiger charge is 2.47. The summed E-state index contributed by atoms with van der Waals surface area (Å²) >= 11 is 0. The second kappa shape index (κ2) is 7.10. The Morgan fingerprint density at radius 1 is 1.32 bits per heavy atom. The molecule has 28 heavy (non-hydrogen) atoms. The zero-order chi connectivity index (χ0) is 19.9. The van der Waals surface area contributed by atoms with Gasteiger partial charge in [-0.3, -0.25) is 29.4 Å². The van der Waals surface area contributed by atoms with E-state index < -0.39 is 11.9 Å². The Bertz CT molecular complexity index is 841. The summed E-state index contributed by atoms with van der Waals surface area (Å²) in [7, 11) is 1.55. The van der Waals surface area contributed by atoms with Gasteiger partial charge in [0.05, 0.1) is 5.56 Å². The third-order valence-corrected chi connectivity index (χ3v) is 6.03. The maximum Gasteiger partial charge on any atom is 0.255 e. The second-order valence-corrected chi connectivity index (χ2v) is 8.13. The number of amides is 3. The highest BCUT2D eigenvalue weighted by Crippen LogP contribution is 2.35. The van der Waals surface area contributed by atoms with Gasteiger partial charge in [0, 0.05) is 57.2 Å². The van der Waals surface area contributed by atoms with Gasteiger partial charge in [-0.05, 0) is 12.0 Å². The molecular formula is C20H24N4O4. The Morgan fingerprint density at radius 3 is 2.68 bits per heavy atom. The van der Waals surface area contributed by atoms with E-state index in [0.717, 1.165) is 31.7 Å². The van der Waals surface area contributed by atoms with Crippen LogP contribution in [-0.4, -0.2) is 73.1 Å². The average Bonchev–Trinajstić information content (AvgIpc) is 2.61. The molecule has 0 radical (unpaired) electrons. The number of rotatable bonds is 5. The first-order valence-electron chi connectivity index (χ1n) is 9.53. The van der Waals surface area contributed by atoms with Crippen LogP contribution in [0.2, 0.25) is 0 Å². The molecule has 1 unspecified atom stereocenters. The monoisotopic (exact) mass is 384 g/mol. The Labute approximate surface area is 163 Å². The summed E-state index contributed by atoms with van der Waals surface area (Å²) in [4.78, 5) is 52.0. The molecule has 8 heteroatoms. The van der Waals surface area contributed by atoms with Crippen molar-refractivity contribution in [2.45, 2.75) is 25.4 Å². The number of aldehydes is 1. The molecule has 0 aliphatic carbocycles. The molecule has 1 aromatic carbocycles. The van der Waals surface area contributed by atoms with Gasteiger partial charge in [0.1, 0.15) is 6.04 Å². The minimum absolute atomic E-state index is 0.195. The van der Waals surface area contributed by atoms with Crippen molar-refractivity contribution >= 4 is 24.0 Å². The smallest absolute Gasteiger partial charge is 0.255 e. The molecule has 0 bridgehead atoms. The van der Waals surface area contributed by atoms with Crippen LogP contribution in [0.1, 0.15) is 39.1 Å². The van der Waals surface area contributed by atoms with Crippen molar-refractivity contribution in [2.75, 3.05) is 33.2 Å². The molecule has 1 atom stereocenters. The number of hydrogen-bond acceptors (Lipinski definition) is 6. The topological polar surface area (TPSA) is 98.8 Å². The van der Waals surface area contributed by atoms with Gasteiger partial charge in [0.2, 0.25) is 11.8 Å². The number of likely N-dealkylation sites (tertiary alicyclic amines) is 1. The molecule has 4 rings (SSSR count). The molecule has 0 aromatic heterocycles. The van der Waals surface area contributed by atoms with Crippen molar-refractivity contribution in [3.8, 4) is 0 Å². The standard InChI is InChI=1S/C20H24N4O4/c1-23(15-5-6-16(26)22-18(15)27)19(28)17-13(3-2-4-14(17)8-25)7-24-11-20(12-24)9-21-10-20/h2-4,8,15,21H,5-7,9-12H2,1H3,(H,22,26,27). The molecule has 148 valence electrons. The fourth-order valence-electron chi connectivity index (χ4n) is 4.44. The first-order chi connectivity index (χ1) is 13.4. The van der Waals surface area contributed by atoms with Gasteiger partial charge in [-0.25, -0.2) is 0 Å². The third kappa shape index (κ3) is 3.22. The van der Waals surface area contributed by atoms with Crippen LogP contribution in [0.4, 0.5) is 0 Å². The molecular weight excluding hydrogens is 360 g/mol. The summed E-state index contributed by atoms with van der Waals surface area (Å²) in [5.74, 6) is -1.17. The van der Waals surface area contributed by atoms with E-state index in [2.05, 4.69) is 15.5 Å². The fraction of sp³-hybridized carbons (Fsp3) is 0.500. The maximum absolute atomic E-state index is 13.2. The third-order valence-electron chi connectivity index (χ3n) is 6.03. The van der Waals surface area contributed by atoms with Crippen molar-refractivity contribution in [1.29, 1.82) is 0 Å². The minimum atomic E-state index is -0.717. The van der Waals surface area contributed by atoms with Crippen LogP contribution >= 0.6 is 0 Å².